The molecule has 0 heterocycles. The van der Waals surface area contributed by atoms with E-state index in [-0.39, 0.29) is 0 Å². The molecule has 0 aromatic heterocycles. The van der Waals surface area contributed by atoms with Gasteiger partial charge in [0.25, 0.3) is 0 Å². The third-order valence-corrected chi connectivity index (χ3v) is 3.47. The second-order valence-corrected chi connectivity index (χ2v) is 5.77. The van der Waals surface area contributed by atoms with Crippen LogP contribution in [-0.2, 0) is 0 Å². The Balaban J connectivity index is 1.66. The highest BCUT2D eigenvalue weighted by atomic mass is 16.5. The number of nitrogens with one attached hydrogen (secondary N) is 1. The molecule has 0 spiro atoms. The summed E-state index contributed by atoms with van der Waals surface area (Å²) in [4.78, 5) is 0. The molecule has 2 atom stereocenters. The van der Waals surface area contributed by atoms with Crippen LogP contribution in [0.1, 0.15) is 38.7 Å². The van der Waals surface area contributed by atoms with E-state index in [1.807, 2.05) is 12.1 Å². The van der Waals surface area contributed by atoms with Crippen LogP contribution in [0.25, 0.3) is 0 Å². The van der Waals surface area contributed by atoms with Gasteiger partial charge in [0, 0.05) is 12.1 Å². The van der Waals surface area contributed by atoms with E-state index < -0.39 is 0 Å². The zero-order chi connectivity index (χ0) is 13.0. The molecule has 1 saturated carbocycles. The number of benzene rings is 1. The van der Waals surface area contributed by atoms with Gasteiger partial charge in [-0.15, -0.1) is 0 Å². The highest BCUT2D eigenvalue weighted by molar-refractivity contribution is 5.26. The minimum absolute atomic E-state index is 0.403. The second-order valence-electron chi connectivity index (χ2n) is 5.77. The molecule has 1 aliphatic carbocycles. The summed E-state index contributed by atoms with van der Waals surface area (Å²) in [5.41, 5.74) is 1.27. The Bertz CT molecular complexity index is 356. The van der Waals surface area contributed by atoms with Crippen LogP contribution in [0.5, 0.6) is 5.75 Å². The van der Waals surface area contributed by atoms with Gasteiger partial charge in [0.1, 0.15) is 12.4 Å². The van der Waals surface area contributed by atoms with E-state index >= 15 is 0 Å². The fourth-order valence-electron chi connectivity index (χ4n) is 2.31. The van der Waals surface area contributed by atoms with Gasteiger partial charge in [-0.1, -0.05) is 30.5 Å². The fourth-order valence-corrected chi connectivity index (χ4v) is 2.31. The number of hydrogen-bond acceptors (Lipinski definition) is 2. The average molecular weight is 247 g/mol. The molecular formula is C16H25NO. The molecule has 0 radical (unpaired) electrons. The van der Waals surface area contributed by atoms with E-state index in [0.29, 0.717) is 12.1 Å². The van der Waals surface area contributed by atoms with Crippen LogP contribution in [0.4, 0.5) is 0 Å². The zero-order valence-electron chi connectivity index (χ0n) is 11.8. The first kappa shape index (κ1) is 13.4. The van der Waals surface area contributed by atoms with Gasteiger partial charge >= 0.3 is 0 Å². The smallest absolute Gasteiger partial charge is 0.119 e. The lowest BCUT2D eigenvalue weighted by Crippen LogP contribution is -2.38. The molecule has 2 nitrogen and oxygen atoms in total. The lowest BCUT2D eigenvalue weighted by atomic mass is 10.1. The highest BCUT2D eigenvalue weighted by Crippen LogP contribution is 2.33. The molecule has 0 amide bonds. The molecule has 0 bridgehead atoms. The average Bonchev–Trinajstić information content (AvgIpc) is 3.12. The molecule has 18 heavy (non-hydrogen) atoms. The van der Waals surface area contributed by atoms with Crippen molar-refractivity contribution in [1.29, 1.82) is 0 Å². The van der Waals surface area contributed by atoms with Crippen LogP contribution in [0.2, 0.25) is 0 Å². The van der Waals surface area contributed by atoms with Gasteiger partial charge < -0.3 is 10.1 Å². The SMILES string of the molecule is Cc1ccc(OCC(C)NC(C)CC2CC2)cc1. The first-order chi connectivity index (χ1) is 8.63. The zero-order valence-corrected chi connectivity index (χ0v) is 11.8. The van der Waals surface area contributed by atoms with Crippen molar-refractivity contribution < 1.29 is 4.74 Å². The molecule has 2 rings (SSSR count). The van der Waals surface area contributed by atoms with Crippen LogP contribution in [0.3, 0.4) is 0 Å². The maximum absolute atomic E-state index is 5.78. The first-order valence-corrected chi connectivity index (χ1v) is 7.09. The van der Waals surface area contributed by atoms with E-state index in [1.165, 1.54) is 24.8 Å². The largest absolute Gasteiger partial charge is 0.492 e. The van der Waals surface area contributed by atoms with Gasteiger partial charge in [0.05, 0.1) is 0 Å². The van der Waals surface area contributed by atoms with Crippen molar-refractivity contribution in [3.05, 3.63) is 29.8 Å². The van der Waals surface area contributed by atoms with Gasteiger partial charge in [0.15, 0.2) is 0 Å². The van der Waals surface area contributed by atoms with Crippen molar-refractivity contribution in [2.24, 2.45) is 5.92 Å². The summed E-state index contributed by atoms with van der Waals surface area (Å²) in [5.74, 6) is 1.95. The Morgan fingerprint density at radius 1 is 1.17 bits per heavy atom. The summed E-state index contributed by atoms with van der Waals surface area (Å²) in [6.07, 6.45) is 4.18. The van der Waals surface area contributed by atoms with Crippen LogP contribution in [0, 0.1) is 12.8 Å². The van der Waals surface area contributed by atoms with Crippen molar-refractivity contribution in [1.82, 2.24) is 5.32 Å². The topological polar surface area (TPSA) is 21.3 Å². The predicted octanol–water partition coefficient (Wildman–Crippen LogP) is 3.54. The Labute approximate surface area is 111 Å². The summed E-state index contributed by atoms with van der Waals surface area (Å²) >= 11 is 0. The summed E-state index contributed by atoms with van der Waals surface area (Å²) in [5, 5.41) is 3.61. The highest BCUT2D eigenvalue weighted by Gasteiger charge is 2.23. The minimum atomic E-state index is 0.403. The van der Waals surface area contributed by atoms with E-state index in [0.717, 1.165) is 18.3 Å². The first-order valence-electron chi connectivity index (χ1n) is 7.09. The Morgan fingerprint density at radius 2 is 1.83 bits per heavy atom. The summed E-state index contributed by atoms with van der Waals surface area (Å²) in [6.45, 7) is 7.30. The monoisotopic (exact) mass is 247 g/mol. The Hall–Kier alpha value is -1.02. The van der Waals surface area contributed by atoms with Crippen molar-refractivity contribution in [2.75, 3.05) is 6.61 Å². The van der Waals surface area contributed by atoms with Crippen LogP contribution < -0.4 is 10.1 Å². The lowest BCUT2D eigenvalue weighted by Gasteiger charge is -2.20. The number of aryl methyl sites for hydroxylation is 1. The van der Waals surface area contributed by atoms with Crippen LogP contribution >= 0.6 is 0 Å². The molecule has 1 aliphatic rings. The summed E-state index contributed by atoms with van der Waals surface area (Å²) in [7, 11) is 0. The van der Waals surface area contributed by atoms with E-state index in [1.54, 1.807) is 0 Å². The molecule has 2 unspecified atom stereocenters. The van der Waals surface area contributed by atoms with Gasteiger partial charge in [-0.25, -0.2) is 0 Å². The molecule has 1 fully saturated rings. The molecule has 1 aromatic carbocycles. The van der Waals surface area contributed by atoms with Crippen LogP contribution in [-0.4, -0.2) is 18.7 Å². The molecule has 100 valence electrons. The quantitative estimate of drug-likeness (QED) is 0.795. The second kappa shape index (κ2) is 6.24. The van der Waals surface area contributed by atoms with Crippen LogP contribution in [0.15, 0.2) is 24.3 Å². The number of hydrogen-bond donors (Lipinski definition) is 1. The third-order valence-electron chi connectivity index (χ3n) is 3.47. The van der Waals surface area contributed by atoms with Gasteiger partial charge in [-0.3, -0.25) is 0 Å². The fraction of sp³-hybridized carbons (Fsp3) is 0.625. The Morgan fingerprint density at radius 3 is 2.44 bits per heavy atom. The van der Waals surface area contributed by atoms with E-state index in [9.17, 15) is 0 Å². The molecular weight excluding hydrogens is 222 g/mol. The van der Waals surface area contributed by atoms with E-state index in [4.69, 9.17) is 4.74 Å². The van der Waals surface area contributed by atoms with Gasteiger partial charge in [-0.05, 0) is 45.2 Å². The van der Waals surface area contributed by atoms with Crippen molar-refractivity contribution >= 4 is 0 Å². The minimum Gasteiger partial charge on any atom is -0.492 e. The van der Waals surface area contributed by atoms with Crippen molar-refractivity contribution in [2.45, 2.75) is 52.1 Å². The normalized spacial score (nSPS) is 18.4. The molecule has 0 aliphatic heterocycles. The number of rotatable bonds is 7. The molecule has 1 N–H and O–H groups in total. The maximum Gasteiger partial charge on any atom is 0.119 e. The molecule has 1 aromatic rings. The maximum atomic E-state index is 5.78. The molecule has 2 heteroatoms. The van der Waals surface area contributed by atoms with E-state index in [2.05, 4.69) is 38.2 Å². The third kappa shape index (κ3) is 4.69. The summed E-state index contributed by atoms with van der Waals surface area (Å²) < 4.78 is 5.78. The lowest BCUT2D eigenvalue weighted by molar-refractivity contribution is 0.259. The van der Waals surface area contributed by atoms with Gasteiger partial charge in [-0.2, -0.15) is 0 Å². The van der Waals surface area contributed by atoms with Crippen molar-refractivity contribution in [3.8, 4) is 5.75 Å². The van der Waals surface area contributed by atoms with Gasteiger partial charge in [0.2, 0.25) is 0 Å². The Kier molecular flexibility index (Phi) is 4.65. The summed E-state index contributed by atoms with van der Waals surface area (Å²) in [6, 6.07) is 9.26. The standard InChI is InChI=1S/C16H25NO/c1-12-4-8-16(9-5-12)18-11-14(3)17-13(2)10-15-6-7-15/h4-5,8-9,13-15,17H,6-7,10-11H2,1-3H3. The predicted molar refractivity (Wildman–Crippen MR) is 76.1 cm³/mol. The molecule has 0 saturated heterocycles. The number of ether oxygens (including phenoxy) is 1. The van der Waals surface area contributed by atoms with Crippen molar-refractivity contribution in [3.63, 3.8) is 0 Å².